The normalized spacial score (nSPS) is 11.4. The van der Waals surface area contributed by atoms with Crippen LogP contribution in [0.2, 0.25) is 12.6 Å². The SMILES string of the molecule is CO[Si-](C)(CCCNC(C)=O)OC. The van der Waals surface area contributed by atoms with Crippen LogP contribution in [0.4, 0.5) is 0 Å². The molecule has 0 heterocycles. The van der Waals surface area contributed by atoms with E-state index in [-0.39, 0.29) is 5.91 Å². The number of nitrogens with one attached hydrogen (secondary N) is 1. The maximum absolute atomic E-state index is 10.5. The Bertz CT molecular complexity index is 159. The fraction of sp³-hybridized carbons (Fsp3) is 0.875. The van der Waals surface area contributed by atoms with E-state index in [2.05, 4.69) is 5.32 Å². The largest absolute Gasteiger partial charge is 0.548 e. The molecule has 0 atom stereocenters. The highest BCUT2D eigenvalue weighted by Gasteiger charge is 2.12. The van der Waals surface area contributed by atoms with E-state index < -0.39 is 8.56 Å². The summed E-state index contributed by atoms with van der Waals surface area (Å²) in [7, 11) is 1.43. The number of hydrogen-bond acceptors (Lipinski definition) is 3. The van der Waals surface area contributed by atoms with Crippen LogP contribution in [0.3, 0.4) is 0 Å². The fourth-order valence-electron chi connectivity index (χ4n) is 0.961. The molecular formula is C8H19NO3Si-. The zero-order chi connectivity index (χ0) is 10.3. The van der Waals surface area contributed by atoms with E-state index in [0.717, 1.165) is 12.5 Å². The Hall–Kier alpha value is -0.393. The molecule has 1 amide bonds. The van der Waals surface area contributed by atoms with E-state index in [9.17, 15) is 4.79 Å². The molecule has 0 aromatic heterocycles. The molecule has 0 saturated heterocycles. The Balaban J connectivity index is 3.55. The molecule has 0 bridgehead atoms. The first-order chi connectivity index (χ1) is 6.04. The lowest BCUT2D eigenvalue weighted by Crippen LogP contribution is -2.36. The van der Waals surface area contributed by atoms with Crippen molar-refractivity contribution in [2.75, 3.05) is 20.8 Å². The Morgan fingerprint density at radius 2 is 1.92 bits per heavy atom. The molecule has 0 aromatic carbocycles. The van der Waals surface area contributed by atoms with Crippen molar-refractivity contribution >= 4 is 14.5 Å². The molecular weight excluding hydrogens is 186 g/mol. The zero-order valence-corrected chi connectivity index (χ0v) is 9.85. The van der Waals surface area contributed by atoms with E-state index in [4.69, 9.17) is 8.85 Å². The third kappa shape index (κ3) is 5.79. The van der Waals surface area contributed by atoms with Crippen molar-refractivity contribution in [1.29, 1.82) is 0 Å². The van der Waals surface area contributed by atoms with Gasteiger partial charge in [0, 0.05) is 13.5 Å². The van der Waals surface area contributed by atoms with E-state index in [0.29, 0.717) is 6.54 Å². The van der Waals surface area contributed by atoms with Crippen LogP contribution in [0, 0.1) is 0 Å². The van der Waals surface area contributed by atoms with Crippen molar-refractivity contribution in [3.8, 4) is 0 Å². The highest BCUT2D eigenvalue weighted by Crippen LogP contribution is 2.12. The van der Waals surface area contributed by atoms with Gasteiger partial charge in [-0.25, -0.2) is 0 Å². The first-order valence-corrected chi connectivity index (χ1v) is 6.91. The van der Waals surface area contributed by atoms with Gasteiger partial charge in [0.1, 0.15) is 8.56 Å². The second-order valence-corrected chi connectivity index (χ2v) is 6.71. The molecule has 1 N–H and O–H groups in total. The van der Waals surface area contributed by atoms with Gasteiger partial charge < -0.3 is 14.2 Å². The topological polar surface area (TPSA) is 47.6 Å². The standard InChI is InChI=1S/C8H19NO3Si/c1-8(10)9-6-5-7-13(4,11-2)12-3/h5-7H2,1-4H3,(H,9,10)/q-1. The summed E-state index contributed by atoms with van der Waals surface area (Å²) in [6.45, 7) is 4.23. The lowest BCUT2D eigenvalue weighted by Gasteiger charge is -2.36. The summed E-state index contributed by atoms with van der Waals surface area (Å²) in [5.41, 5.74) is 0. The van der Waals surface area contributed by atoms with Crippen molar-refractivity contribution in [2.24, 2.45) is 0 Å². The molecule has 0 radical (unpaired) electrons. The molecule has 4 nitrogen and oxygen atoms in total. The average molecular weight is 205 g/mol. The molecule has 0 fully saturated rings. The van der Waals surface area contributed by atoms with Crippen molar-refractivity contribution in [3.63, 3.8) is 0 Å². The summed E-state index contributed by atoms with van der Waals surface area (Å²) in [5, 5.41) is 2.74. The average Bonchev–Trinajstić information content (AvgIpc) is 2.12. The number of carbonyl (C=O) groups is 1. The number of hydrogen-bond donors (Lipinski definition) is 1. The molecule has 13 heavy (non-hydrogen) atoms. The minimum Gasteiger partial charge on any atom is -0.548 e. The van der Waals surface area contributed by atoms with Gasteiger partial charge in [0.15, 0.2) is 0 Å². The van der Waals surface area contributed by atoms with Crippen LogP contribution in [0.5, 0.6) is 0 Å². The van der Waals surface area contributed by atoms with Crippen molar-refractivity contribution in [3.05, 3.63) is 0 Å². The Morgan fingerprint density at radius 1 is 1.38 bits per heavy atom. The predicted octanol–water partition coefficient (Wildman–Crippen LogP) is 0.877. The van der Waals surface area contributed by atoms with Gasteiger partial charge in [0.25, 0.3) is 0 Å². The second kappa shape index (κ2) is 6.12. The molecule has 0 aliphatic rings. The van der Waals surface area contributed by atoms with Gasteiger partial charge in [0.2, 0.25) is 5.91 Å². The number of carbonyl (C=O) groups excluding carboxylic acids is 1. The van der Waals surface area contributed by atoms with Gasteiger partial charge in [-0.15, -0.1) is 12.6 Å². The van der Waals surface area contributed by atoms with Crippen LogP contribution >= 0.6 is 0 Å². The summed E-state index contributed by atoms with van der Waals surface area (Å²) < 4.78 is 10.6. The molecule has 0 spiro atoms. The van der Waals surface area contributed by atoms with Crippen LogP contribution in [-0.2, 0) is 13.6 Å². The minimum atomic E-state index is -1.92. The third-order valence-corrected chi connectivity index (χ3v) is 5.03. The van der Waals surface area contributed by atoms with Crippen molar-refractivity contribution in [1.82, 2.24) is 5.32 Å². The van der Waals surface area contributed by atoms with Gasteiger partial charge in [-0.1, -0.05) is 6.42 Å². The van der Waals surface area contributed by atoms with Gasteiger partial charge in [-0.3, -0.25) is 4.79 Å². The summed E-state index contributed by atoms with van der Waals surface area (Å²) in [4.78, 5) is 10.5. The van der Waals surface area contributed by atoms with Gasteiger partial charge >= 0.3 is 0 Å². The smallest absolute Gasteiger partial charge is 0.216 e. The van der Waals surface area contributed by atoms with Gasteiger partial charge in [-0.2, -0.15) is 0 Å². The first-order valence-electron chi connectivity index (χ1n) is 4.39. The van der Waals surface area contributed by atoms with Crippen LogP contribution in [-0.4, -0.2) is 35.2 Å². The molecule has 0 aliphatic heterocycles. The first kappa shape index (κ1) is 12.6. The highest BCUT2D eigenvalue weighted by molar-refractivity contribution is 6.65. The highest BCUT2D eigenvalue weighted by atomic mass is 28.4. The van der Waals surface area contributed by atoms with Crippen LogP contribution in [0.25, 0.3) is 0 Å². The summed E-state index contributed by atoms with van der Waals surface area (Å²) >= 11 is 0. The lowest BCUT2D eigenvalue weighted by atomic mass is 10.5. The lowest BCUT2D eigenvalue weighted by molar-refractivity contribution is -0.118. The van der Waals surface area contributed by atoms with Crippen LogP contribution < -0.4 is 5.32 Å². The zero-order valence-electron chi connectivity index (χ0n) is 8.85. The van der Waals surface area contributed by atoms with Crippen molar-refractivity contribution in [2.45, 2.75) is 25.9 Å². The number of rotatable bonds is 6. The Labute approximate surface area is 80.9 Å². The monoisotopic (exact) mass is 205 g/mol. The number of amides is 1. The predicted molar refractivity (Wildman–Crippen MR) is 53.7 cm³/mol. The molecule has 0 aliphatic carbocycles. The van der Waals surface area contributed by atoms with E-state index in [1.165, 1.54) is 6.92 Å². The summed E-state index contributed by atoms with van der Waals surface area (Å²) in [6, 6.07) is 0.903. The second-order valence-electron chi connectivity index (χ2n) is 3.13. The van der Waals surface area contributed by atoms with E-state index in [1.54, 1.807) is 14.2 Å². The Morgan fingerprint density at radius 3 is 2.31 bits per heavy atom. The Kier molecular flexibility index (Phi) is 5.94. The fourth-order valence-corrected chi connectivity index (χ4v) is 2.36. The van der Waals surface area contributed by atoms with Crippen LogP contribution in [0.15, 0.2) is 0 Å². The molecule has 0 saturated carbocycles. The van der Waals surface area contributed by atoms with E-state index in [1.807, 2.05) is 6.55 Å². The molecule has 0 unspecified atom stereocenters. The maximum atomic E-state index is 10.5. The van der Waals surface area contributed by atoms with Gasteiger partial charge in [0.05, 0.1) is 0 Å². The maximum Gasteiger partial charge on any atom is 0.216 e. The quantitative estimate of drug-likeness (QED) is 0.517. The summed E-state index contributed by atoms with van der Waals surface area (Å²) in [6.07, 6.45) is 0.907. The van der Waals surface area contributed by atoms with Crippen LogP contribution in [0.1, 0.15) is 13.3 Å². The van der Waals surface area contributed by atoms with Gasteiger partial charge in [-0.05, 0) is 14.2 Å². The minimum absolute atomic E-state index is 0.0122. The van der Waals surface area contributed by atoms with E-state index >= 15 is 0 Å². The molecule has 0 aromatic rings. The molecule has 0 rings (SSSR count). The van der Waals surface area contributed by atoms with Crippen molar-refractivity contribution < 1.29 is 13.6 Å². The molecule has 79 valence electrons. The third-order valence-electron chi connectivity index (χ3n) is 2.05. The summed E-state index contributed by atoms with van der Waals surface area (Å²) in [5.74, 6) is 0.0122. The molecule has 5 heteroatoms.